The predicted molar refractivity (Wildman–Crippen MR) is 71.7 cm³/mol. The van der Waals surface area contributed by atoms with Crippen molar-refractivity contribution in [2.75, 3.05) is 12.3 Å². The number of aromatic nitrogens is 2. The molecule has 1 aromatic heterocycles. The summed E-state index contributed by atoms with van der Waals surface area (Å²) >= 11 is 0. The summed E-state index contributed by atoms with van der Waals surface area (Å²) in [5, 5.41) is 4.04. The summed E-state index contributed by atoms with van der Waals surface area (Å²) in [5.41, 5.74) is 7.85. The lowest BCUT2D eigenvalue weighted by molar-refractivity contribution is 0.0274. The topological polar surface area (TPSA) is 70.1 Å². The molecule has 0 spiro atoms. The fourth-order valence-electron chi connectivity index (χ4n) is 2.38. The molecule has 0 saturated heterocycles. The normalized spacial score (nSPS) is 18.0. The summed E-state index contributed by atoms with van der Waals surface area (Å²) in [6.45, 7) is 1.06. The number of fused-ring (bicyclic) bond motifs is 1. The minimum Gasteiger partial charge on any atom is -0.382 e. The van der Waals surface area contributed by atoms with Crippen LogP contribution in [0.1, 0.15) is 17.2 Å². The van der Waals surface area contributed by atoms with Crippen molar-refractivity contribution in [3.63, 3.8) is 0 Å². The van der Waals surface area contributed by atoms with Gasteiger partial charge in [-0.05, 0) is 23.6 Å². The number of ether oxygens (including phenoxy) is 1. The van der Waals surface area contributed by atoms with Crippen molar-refractivity contribution in [2.24, 2.45) is 0 Å². The average molecular weight is 257 g/mol. The largest absolute Gasteiger partial charge is 0.382 e. The van der Waals surface area contributed by atoms with Crippen molar-refractivity contribution in [3.05, 3.63) is 57.9 Å². The molecule has 0 aliphatic carbocycles. The van der Waals surface area contributed by atoms with Crippen LogP contribution in [-0.2, 0) is 17.7 Å². The first-order valence-electron chi connectivity index (χ1n) is 6.27. The predicted octanol–water partition coefficient (Wildman–Crippen LogP) is 1.14. The summed E-state index contributed by atoms with van der Waals surface area (Å²) in [6.07, 6.45) is 0.767. The van der Waals surface area contributed by atoms with E-state index in [-0.39, 0.29) is 11.7 Å². The molecule has 1 aliphatic heterocycles. The molecule has 0 amide bonds. The molecular weight excluding hydrogens is 242 g/mol. The van der Waals surface area contributed by atoms with E-state index in [1.54, 1.807) is 0 Å². The molecule has 1 aliphatic rings. The number of nitrogens with two attached hydrogens (primary N) is 1. The van der Waals surface area contributed by atoms with E-state index >= 15 is 0 Å². The molecule has 0 saturated carbocycles. The van der Waals surface area contributed by atoms with E-state index in [9.17, 15) is 4.79 Å². The SMILES string of the molecule is Nc1ccc(=O)n(CC2OCCc3ccccc32)n1. The Balaban J connectivity index is 1.93. The van der Waals surface area contributed by atoms with E-state index in [2.05, 4.69) is 11.2 Å². The molecule has 2 aromatic rings. The van der Waals surface area contributed by atoms with Crippen molar-refractivity contribution in [3.8, 4) is 0 Å². The van der Waals surface area contributed by atoms with Gasteiger partial charge in [0, 0.05) is 6.07 Å². The molecule has 5 nitrogen and oxygen atoms in total. The molecular formula is C14H15N3O2. The molecule has 1 atom stereocenters. The second kappa shape index (κ2) is 4.85. The molecule has 19 heavy (non-hydrogen) atoms. The fraction of sp³-hybridized carbons (Fsp3) is 0.286. The average Bonchev–Trinajstić information content (AvgIpc) is 2.43. The Kier molecular flexibility index (Phi) is 3.05. The van der Waals surface area contributed by atoms with Gasteiger partial charge in [-0.3, -0.25) is 4.79 Å². The van der Waals surface area contributed by atoms with Crippen LogP contribution in [0.4, 0.5) is 5.82 Å². The van der Waals surface area contributed by atoms with Crippen molar-refractivity contribution in [2.45, 2.75) is 19.1 Å². The molecule has 1 unspecified atom stereocenters. The number of hydrogen-bond acceptors (Lipinski definition) is 4. The Morgan fingerprint density at radius 3 is 3.05 bits per heavy atom. The van der Waals surface area contributed by atoms with E-state index < -0.39 is 0 Å². The Morgan fingerprint density at radius 1 is 1.32 bits per heavy atom. The standard InChI is InChI=1S/C14H15N3O2/c15-13-5-6-14(18)17(16-13)9-12-11-4-2-1-3-10(11)7-8-19-12/h1-6,12H,7-9H2,(H2,15,16). The maximum absolute atomic E-state index is 11.7. The van der Waals surface area contributed by atoms with Crippen LogP contribution < -0.4 is 11.3 Å². The lowest BCUT2D eigenvalue weighted by atomic mass is 9.98. The van der Waals surface area contributed by atoms with Crippen LogP contribution in [-0.4, -0.2) is 16.4 Å². The van der Waals surface area contributed by atoms with E-state index in [1.165, 1.54) is 22.4 Å². The summed E-state index contributed by atoms with van der Waals surface area (Å²) in [6, 6.07) is 11.1. The van der Waals surface area contributed by atoms with Gasteiger partial charge in [0.25, 0.3) is 5.56 Å². The number of nitrogens with zero attached hydrogens (tertiary/aromatic N) is 2. The van der Waals surface area contributed by atoms with Crippen LogP contribution in [0.3, 0.4) is 0 Å². The number of anilines is 1. The summed E-state index contributed by atoms with van der Waals surface area (Å²) in [5.74, 6) is 0.337. The lowest BCUT2D eigenvalue weighted by Crippen LogP contribution is -2.29. The van der Waals surface area contributed by atoms with Crippen molar-refractivity contribution in [1.82, 2.24) is 9.78 Å². The highest BCUT2D eigenvalue weighted by Crippen LogP contribution is 2.27. The van der Waals surface area contributed by atoms with Crippen molar-refractivity contribution in [1.29, 1.82) is 0 Å². The molecule has 1 aromatic carbocycles. The highest BCUT2D eigenvalue weighted by Gasteiger charge is 2.21. The second-order valence-electron chi connectivity index (χ2n) is 4.59. The van der Waals surface area contributed by atoms with Gasteiger partial charge in [-0.2, -0.15) is 5.10 Å². The van der Waals surface area contributed by atoms with Crippen LogP contribution in [0.15, 0.2) is 41.2 Å². The van der Waals surface area contributed by atoms with Crippen LogP contribution in [0.25, 0.3) is 0 Å². The quantitative estimate of drug-likeness (QED) is 0.875. The Hall–Kier alpha value is -2.14. The van der Waals surface area contributed by atoms with E-state index in [4.69, 9.17) is 10.5 Å². The first kappa shape index (κ1) is 11.9. The maximum Gasteiger partial charge on any atom is 0.266 e. The van der Waals surface area contributed by atoms with Crippen LogP contribution in [0, 0.1) is 0 Å². The van der Waals surface area contributed by atoms with Gasteiger partial charge in [0.05, 0.1) is 13.2 Å². The summed E-state index contributed by atoms with van der Waals surface area (Å²) in [4.78, 5) is 11.7. The molecule has 2 heterocycles. The molecule has 0 radical (unpaired) electrons. The zero-order chi connectivity index (χ0) is 13.2. The number of hydrogen-bond donors (Lipinski definition) is 1. The Labute approximate surface area is 110 Å². The van der Waals surface area contributed by atoms with Gasteiger partial charge < -0.3 is 10.5 Å². The third-order valence-corrected chi connectivity index (χ3v) is 3.32. The zero-order valence-electron chi connectivity index (χ0n) is 10.5. The van der Waals surface area contributed by atoms with Crippen LogP contribution in [0.5, 0.6) is 0 Å². The lowest BCUT2D eigenvalue weighted by Gasteiger charge is -2.26. The minimum absolute atomic E-state index is 0.142. The number of nitrogen functional groups attached to an aromatic ring is 1. The van der Waals surface area contributed by atoms with Crippen molar-refractivity contribution < 1.29 is 4.74 Å². The molecule has 98 valence electrons. The maximum atomic E-state index is 11.7. The van der Waals surface area contributed by atoms with E-state index in [1.807, 2.05) is 18.2 Å². The smallest absolute Gasteiger partial charge is 0.266 e. The third kappa shape index (κ3) is 2.37. The number of benzene rings is 1. The first-order valence-corrected chi connectivity index (χ1v) is 6.27. The second-order valence-corrected chi connectivity index (χ2v) is 4.59. The number of rotatable bonds is 2. The molecule has 2 N–H and O–H groups in total. The fourth-order valence-corrected chi connectivity index (χ4v) is 2.38. The molecule has 0 fully saturated rings. The third-order valence-electron chi connectivity index (χ3n) is 3.32. The molecule has 0 bridgehead atoms. The summed E-state index contributed by atoms with van der Waals surface area (Å²) in [7, 11) is 0. The van der Waals surface area contributed by atoms with Gasteiger partial charge in [0.2, 0.25) is 0 Å². The van der Waals surface area contributed by atoms with Gasteiger partial charge in [-0.1, -0.05) is 24.3 Å². The van der Waals surface area contributed by atoms with Crippen molar-refractivity contribution >= 4 is 5.82 Å². The first-order chi connectivity index (χ1) is 9.24. The van der Waals surface area contributed by atoms with E-state index in [0.29, 0.717) is 19.0 Å². The van der Waals surface area contributed by atoms with Gasteiger partial charge in [0.1, 0.15) is 11.9 Å². The van der Waals surface area contributed by atoms with Gasteiger partial charge in [-0.15, -0.1) is 0 Å². The zero-order valence-corrected chi connectivity index (χ0v) is 10.5. The molecule has 3 rings (SSSR count). The Morgan fingerprint density at radius 2 is 2.16 bits per heavy atom. The highest BCUT2D eigenvalue weighted by molar-refractivity contribution is 5.31. The monoisotopic (exact) mass is 257 g/mol. The molecule has 5 heteroatoms. The Bertz CT molecular complexity index is 651. The van der Waals surface area contributed by atoms with E-state index in [0.717, 1.165) is 12.0 Å². The summed E-state index contributed by atoms with van der Waals surface area (Å²) < 4.78 is 7.13. The highest BCUT2D eigenvalue weighted by atomic mass is 16.5. The van der Waals surface area contributed by atoms with Crippen LogP contribution >= 0.6 is 0 Å². The van der Waals surface area contributed by atoms with Gasteiger partial charge >= 0.3 is 0 Å². The van der Waals surface area contributed by atoms with Gasteiger partial charge in [-0.25, -0.2) is 4.68 Å². The van der Waals surface area contributed by atoms with Crippen LogP contribution in [0.2, 0.25) is 0 Å². The van der Waals surface area contributed by atoms with Gasteiger partial charge in [0.15, 0.2) is 0 Å². The minimum atomic E-state index is -0.166.